The van der Waals surface area contributed by atoms with Crippen LogP contribution in [0, 0.1) is 12.8 Å². The molecule has 0 radical (unpaired) electrons. The molecule has 0 atom stereocenters. The van der Waals surface area contributed by atoms with Crippen molar-refractivity contribution in [3.05, 3.63) is 17.4 Å². The Balaban J connectivity index is 2.38. The van der Waals surface area contributed by atoms with Crippen molar-refractivity contribution in [2.45, 2.75) is 66.8 Å². The lowest BCUT2D eigenvalue weighted by molar-refractivity contribution is 0.498. The predicted octanol–water partition coefficient (Wildman–Crippen LogP) is 3.80. The molecule has 0 aliphatic carbocycles. The highest BCUT2D eigenvalue weighted by Crippen LogP contribution is 2.24. The summed E-state index contributed by atoms with van der Waals surface area (Å²) in [5.41, 5.74) is 0.896. The summed E-state index contributed by atoms with van der Waals surface area (Å²) >= 11 is 0. The van der Waals surface area contributed by atoms with Crippen molar-refractivity contribution in [3.8, 4) is 11.6 Å². The van der Waals surface area contributed by atoms with Crippen molar-refractivity contribution in [1.29, 1.82) is 0 Å². The highest BCUT2D eigenvalue weighted by molar-refractivity contribution is 5.50. The third kappa shape index (κ3) is 3.71. The molecular weight excluding hydrogens is 264 g/mol. The van der Waals surface area contributed by atoms with E-state index in [-0.39, 0.29) is 0 Å². The summed E-state index contributed by atoms with van der Waals surface area (Å²) in [6, 6.07) is 0. The van der Waals surface area contributed by atoms with E-state index in [1.807, 2.05) is 18.5 Å². The van der Waals surface area contributed by atoms with Crippen molar-refractivity contribution in [2.24, 2.45) is 5.92 Å². The molecule has 0 fully saturated rings. The van der Waals surface area contributed by atoms with Crippen LogP contribution in [0.2, 0.25) is 0 Å². The van der Waals surface area contributed by atoms with E-state index in [0.29, 0.717) is 5.92 Å². The van der Waals surface area contributed by atoms with E-state index < -0.39 is 0 Å². The summed E-state index contributed by atoms with van der Waals surface area (Å²) in [4.78, 5) is 9.15. The van der Waals surface area contributed by atoms with E-state index in [9.17, 15) is 0 Å². The first-order valence-electron chi connectivity index (χ1n) is 7.95. The second-order valence-electron chi connectivity index (χ2n) is 5.90. The largest absolute Gasteiger partial charge is 0.437 e. The minimum atomic E-state index is 0.543. The van der Waals surface area contributed by atoms with Gasteiger partial charge in [0, 0.05) is 19.4 Å². The maximum atomic E-state index is 5.85. The van der Waals surface area contributed by atoms with Crippen molar-refractivity contribution in [2.75, 3.05) is 0 Å². The molecule has 0 unspecified atom stereocenters. The van der Waals surface area contributed by atoms with Gasteiger partial charge in [0.15, 0.2) is 23.3 Å². The fraction of sp³-hybridized carbons (Fsp3) is 0.688. The fourth-order valence-corrected chi connectivity index (χ4v) is 2.28. The first-order valence-corrected chi connectivity index (χ1v) is 7.95. The van der Waals surface area contributed by atoms with Gasteiger partial charge in [-0.3, -0.25) is 0 Å². The van der Waals surface area contributed by atoms with Crippen molar-refractivity contribution in [3.63, 3.8) is 0 Å². The summed E-state index contributed by atoms with van der Waals surface area (Å²) in [5.74, 6) is 3.79. The molecule has 5 heteroatoms. The minimum absolute atomic E-state index is 0.543. The molecule has 2 aromatic heterocycles. The van der Waals surface area contributed by atoms with Gasteiger partial charge in [0.2, 0.25) is 0 Å². The number of aryl methyl sites for hydroxylation is 3. The Labute approximate surface area is 126 Å². The number of hydrogen-bond acceptors (Lipinski definition) is 4. The molecular formula is C16H26N4O. The number of nitrogens with zero attached hydrogens (tertiary/aromatic N) is 4. The number of hydrogen-bond donors (Lipinski definition) is 0. The zero-order valence-corrected chi connectivity index (χ0v) is 13.8. The first-order chi connectivity index (χ1) is 10.0. The van der Waals surface area contributed by atoms with Crippen LogP contribution in [-0.2, 0) is 19.4 Å². The van der Waals surface area contributed by atoms with Gasteiger partial charge in [0.25, 0.3) is 0 Å². The monoisotopic (exact) mass is 290 g/mol. The van der Waals surface area contributed by atoms with E-state index >= 15 is 0 Å². The first kappa shape index (κ1) is 15.7. The quantitative estimate of drug-likeness (QED) is 0.778. The molecule has 0 saturated heterocycles. The van der Waals surface area contributed by atoms with Gasteiger partial charge in [0.1, 0.15) is 0 Å². The van der Waals surface area contributed by atoms with E-state index in [1.165, 1.54) is 0 Å². The SMILES string of the molecule is CCCCn1nc(CC(C)C)nc1-c1oc(CC)nc1C. The molecule has 0 saturated carbocycles. The van der Waals surface area contributed by atoms with Gasteiger partial charge in [-0.1, -0.05) is 34.1 Å². The van der Waals surface area contributed by atoms with E-state index in [2.05, 4.69) is 30.9 Å². The average molecular weight is 290 g/mol. The number of oxazole rings is 1. The van der Waals surface area contributed by atoms with Gasteiger partial charge in [0.05, 0.1) is 5.69 Å². The maximum absolute atomic E-state index is 5.85. The second-order valence-corrected chi connectivity index (χ2v) is 5.90. The maximum Gasteiger partial charge on any atom is 0.196 e. The van der Waals surface area contributed by atoms with E-state index in [1.54, 1.807) is 0 Å². The summed E-state index contributed by atoms with van der Waals surface area (Å²) < 4.78 is 7.83. The van der Waals surface area contributed by atoms with Gasteiger partial charge < -0.3 is 4.42 Å². The fourth-order valence-electron chi connectivity index (χ4n) is 2.28. The molecule has 0 N–H and O–H groups in total. The molecule has 2 aromatic rings. The Kier molecular flexibility index (Phi) is 5.15. The number of aromatic nitrogens is 4. The van der Waals surface area contributed by atoms with Crippen LogP contribution in [0.25, 0.3) is 11.6 Å². The third-order valence-corrected chi connectivity index (χ3v) is 3.38. The Bertz CT molecular complexity index is 583. The van der Waals surface area contributed by atoms with Crippen LogP contribution in [0.4, 0.5) is 0 Å². The Morgan fingerprint density at radius 3 is 2.52 bits per heavy atom. The van der Waals surface area contributed by atoms with Crippen LogP contribution < -0.4 is 0 Å². The van der Waals surface area contributed by atoms with Crippen LogP contribution in [0.3, 0.4) is 0 Å². The second kappa shape index (κ2) is 6.87. The van der Waals surface area contributed by atoms with E-state index in [0.717, 1.165) is 61.2 Å². The van der Waals surface area contributed by atoms with Gasteiger partial charge in [-0.25, -0.2) is 14.6 Å². The molecule has 0 bridgehead atoms. The van der Waals surface area contributed by atoms with E-state index in [4.69, 9.17) is 9.40 Å². The van der Waals surface area contributed by atoms with Crippen LogP contribution >= 0.6 is 0 Å². The number of rotatable bonds is 7. The molecule has 2 heterocycles. The Morgan fingerprint density at radius 2 is 1.95 bits per heavy atom. The highest BCUT2D eigenvalue weighted by Gasteiger charge is 2.19. The van der Waals surface area contributed by atoms with Gasteiger partial charge in [-0.2, -0.15) is 5.10 Å². The average Bonchev–Trinajstić information content (AvgIpc) is 2.98. The minimum Gasteiger partial charge on any atom is -0.437 e. The summed E-state index contributed by atoms with van der Waals surface area (Å²) in [7, 11) is 0. The molecule has 21 heavy (non-hydrogen) atoms. The molecule has 0 amide bonds. The van der Waals surface area contributed by atoms with Gasteiger partial charge in [-0.05, 0) is 19.3 Å². The Hall–Kier alpha value is -1.65. The van der Waals surface area contributed by atoms with Crippen molar-refractivity contribution >= 4 is 0 Å². The summed E-state index contributed by atoms with van der Waals surface area (Å²) in [6.45, 7) is 11.4. The molecule has 0 spiro atoms. The molecule has 2 rings (SSSR count). The molecule has 5 nitrogen and oxygen atoms in total. The Morgan fingerprint density at radius 1 is 1.19 bits per heavy atom. The summed E-state index contributed by atoms with van der Waals surface area (Å²) in [5, 5.41) is 4.66. The lowest BCUT2D eigenvalue weighted by atomic mass is 10.1. The normalized spacial score (nSPS) is 11.5. The smallest absolute Gasteiger partial charge is 0.196 e. The topological polar surface area (TPSA) is 56.7 Å². The molecule has 0 aromatic carbocycles. The highest BCUT2D eigenvalue weighted by atomic mass is 16.4. The molecule has 116 valence electrons. The standard InChI is InChI=1S/C16H26N4O/c1-6-8-9-20-16(18-13(19-20)10-11(3)4)15-12(5)17-14(7-2)21-15/h11H,6-10H2,1-5H3. The van der Waals surface area contributed by atoms with Gasteiger partial charge in [-0.15, -0.1) is 0 Å². The van der Waals surface area contributed by atoms with Crippen LogP contribution in [0.15, 0.2) is 4.42 Å². The van der Waals surface area contributed by atoms with Crippen molar-refractivity contribution < 1.29 is 4.42 Å². The van der Waals surface area contributed by atoms with Crippen LogP contribution in [-0.4, -0.2) is 19.7 Å². The van der Waals surface area contributed by atoms with Gasteiger partial charge >= 0.3 is 0 Å². The molecule has 0 aliphatic rings. The molecule has 0 aliphatic heterocycles. The zero-order chi connectivity index (χ0) is 15.4. The number of unbranched alkanes of at least 4 members (excludes halogenated alkanes) is 1. The zero-order valence-electron chi connectivity index (χ0n) is 13.8. The summed E-state index contributed by atoms with van der Waals surface area (Å²) in [6.07, 6.45) is 3.91. The lowest BCUT2D eigenvalue weighted by Gasteiger charge is -2.02. The van der Waals surface area contributed by atoms with Crippen LogP contribution in [0.1, 0.15) is 57.9 Å². The lowest BCUT2D eigenvalue weighted by Crippen LogP contribution is -2.03. The third-order valence-electron chi connectivity index (χ3n) is 3.38. The van der Waals surface area contributed by atoms with Crippen molar-refractivity contribution in [1.82, 2.24) is 19.7 Å². The predicted molar refractivity (Wildman–Crippen MR) is 83.1 cm³/mol. The van der Waals surface area contributed by atoms with Crippen LogP contribution in [0.5, 0.6) is 0 Å².